The third-order valence-corrected chi connectivity index (χ3v) is 5.69. The third-order valence-electron chi connectivity index (χ3n) is 5.69. The number of carbonyl (C=O) groups excluding carboxylic acids is 1. The molecule has 3 unspecified atom stereocenters. The quantitative estimate of drug-likeness (QED) is 0.335. The fraction of sp³-hybridized carbons (Fsp3) is 0.682. The van der Waals surface area contributed by atoms with Gasteiger partial charge < -0.3 is 14.8 Å². The largest absolute Gasteiger partial charge is 0.466 e. The van der Waals surface area contributed by atoms with Crippen molar-refractivity contribution in [1.29, 1.82) is 0 Å². The van der Waals surface area contributed by atoms with E-state index < -0.39 is 0 Å². The van der Waals surface area contributed by atoms with Crippen molar-refractivity contribution >= 4 is 17.3 Å². The van der Waals surface area contributed by atoms with E-state index >= 15 is 0 Å². The van der Waals surface area contributed by atoms with Gasteiger partial charge in [0.05, 0.1) is 24.1 Å². The van der Waals surface area contributed by atoms with Gasteiger partial charge in [0.2, 0.25) is 0 Å². The SMILES string of the molecule is CCOC(=O)CC(CC)c1ccc(NC2CCOC(CC)C2)c([N+](=O)[O-])c1CC. The number of benzene rings is 1. The number of nitrogens with one attached hydrogen (secondary N) is 1. The predicted molar refractivity (Wildman–Crippen MR) is 113 cm³/mol. The van der Waals surface area contributed by atoms with E-state index in [2.05, 4.69) is 12.2 Å². The van der Waals surface area contributed by atoms with Gasteiger partial charge in [-0.25, -0.2) is 0 Å². The lowest BCUT2D eigenvalue weighted by Gasteiger charge is -2.30. The summed E-state index contributed by atoms with van der Waals surface area (Å²) in [5.41, 5.74) is 2.27. The highest BCUT2D eigenvalue weighted by molar-refractivity contribution is 5.72. The number of carbonyl (C=O) groups is 1. The van der Waals surface area contributed by atoms with Gasteiger partial charge in [-0.05, 0) is 56.6 Å². The molecule has 1 heterocycles. The summed E-state index contributed by atoms with van der Waals surface area (Å²) in [5.74, 6) is -0.358. The van der Waals surface area contributed by atoms with Crippen LogP contribution in [0, 0.1) is 10.1 Å². The highest BCUT2D eigenvalue weighted by Gasteiger charge is 2.29. The van der Waals surface area contributed by atoms with Crippen LogP contribution in [-0.2, 0) is 20.7 Å². The maximum Gasteiger partial charge on any atom is 0.306 e. The van der Waals surface area contributed by atoms with Crippen molar-refractivity contribution in [3.05, 3.63) is 33.4 Å². The predicted octanol–water partition coefficient (Wildman–Crippen LogP) is 4.97. The van der Waals surface area contributed by atoms with Gasteiger partial charge in [0.25, 0.3) is 5.69 Å². The molecule has 162 valence electrons. The summed E-state index contributed by atoms with van der Waals surface area (Å²) in [6.07, 6.45) is 4.29. The summed E-state index contributed by atoms with van der Waals surface area (Å²) in [4.78, 5) is 23.7. The lowest BCUT2D eigenvalue weighted by Crippen LogP contribution is -2.34. The maximum absolute atomic E-state index is 12.0. The smallest absolute Gasteiger partial charge is 0.306 e. The summed E-state index contributed by atoms with van der Waals surface area (Å²) in [6.45, 7) is 8.79. The Morgan fingerprint density at radius 1 is 1.34 bits per heavy atom. The first-order valence-electron chi connectivity index (χ1n) is 10.8. The molecule has 1 aromatic carbocycles. The fourth-order valence-electron chi connectivity index (χ4n) is 4.14. The van der Waals surface area contributed by atoms with Crippen LogP contribution in [0.4, 0.5) is 11.4 Å². The molecule has 7 nitrogen and oxygen atoms in total. The summed E-state index contributed by atoms with van der Waals surface area (Å²) in [7, 11) is 0. The fourth-order valence-corrected chi connectivity index (χ4v) is 4.14. The Labute approximate surface area is 173 Å². The monoisotopic (exact) mass is 406 g/mol. The zero-order chi connectivity index (χ0) is 21.4. The van der Waals surface area contributed by atoms with Gasteiger partial charge in [0.1, 0.15) is 5.69 Å². The van der Waals surface area contributed by atoms with Crippen molar-refractivity contribution in [3.8, 4) is 0 Å². The van der Waals surface area contributed by atoms with Crippen LogP contribution in [0.1, 0.15) is 76.8 Å². The molecular formula is C22H34N2O5. The van der Waals surface area contributed by atoms with Gasteiger partial charge in [-0.2, -0.15) is 0 Å². The van der Waals surface area contributed by atoms with Gasteiger partial charge in [-0.15, -0.1) is 0 Å². The molecule has 0 aliphatic carbocycles. The van der Waals surface area contributed by atoms with Crippen molar-refractivity contribution in [3.63, 3.8) is 0 Å². The van der Waals surface area contributed by atoms with Crippen LogP contribution in [0.3, 0.4) is 0 Å². The molecule has 1 saturated heterocycles. The molecular weight excluding hydrogens is 372 g/mol. The van der Waals surface area contributed by atoms with Crippen molar-refractivity contribution in [2.24, 2.45) is 0 Å². The number of anilines is 1. The Hall–Kier alpha value is -2.15. The number of hydrogen-bond acceptors (Lipinski definition) is 6. The molecule has 29 heavy (non-hydrogen) atoms. The zero-order valence-electron chi connectivity index (χ0n) is 18.0. The molecule has 0 saturated carbocycles. The van der Waals surface area contributed by atoms with E-state index in [1.54, 1.807) is 13.0 Å². The maximum atomic E-state index is 12.0. The summed E-state index contributed by atoms with van der Waals surface area (Å²) in [5, 5.41) is 15.4. The van der Waals surface area contributed by atoms with Gasteiger partial charge in [0, 0.05) is 18.2 Å². The molecule has 1 aromatic rings. The number of nitrogens with zero attached hydrogens (tertiary/aromatic N) is 1. The molecule has 0 spiro atoms. The number of hydrogen-bond donors (Lipinski definition) is 1. The number of rotatable bonds is 10. The van der Waals surface area contributed by atoms with E-state index in [1.807, 2.05) is 19.9 Å². The van der Waals surface area contributed by atoms with Gasteiger partial charge in [-0.1, -0.05) is 26.8 Å². The number of esters is 1. The lowest BCUT2D eigenvalue weighted by molar-refractivity contribution is -0.384. The number of nitro groups is 1. The van der Waals surface area contributed by atoms with Crippen LogP contribution >= 0.6 is 0 Å². The highest BCUT2D eigenvalue weighted by atomic mass is 16.6. The molecule has 3 atom stereocenters. The van der Waals surface area contributed by atoms with Crippen molar-refractivity contribution in [2.75, 3.05) is 18.5 Å². The molecule has 0 aromatic heterocycles. The van der Waals surface area contributed by atoms with Crippen molar-refractivity contribution in [1.82, 2.24) is 0 Å². The zero-order valence-corrected chi connectivity index (χ0v) is 18.0. The molecule has 1 N–H and O–H groups in total. The Kier molecular flexibility index (Phi) is 8.89. The van der Waals surface area contributed by atoms with E-state index in [9.17, 15) is 14.9 Å². The van der Waals surface area contributed by atoms with Gasteiger partial charge in [-0.3, -0.25) is 14.9 Å². The van der Waals surface area contributed by atoms with Crippen LogP contribution in [0.15, 0.2) is 12.1 Å². The molecule has 1 aliphatic rings. The van der Waals surface area contributed by atoms with E-state index in [4.69, 9.17) is 9.47 Å². The van der Waals surface area contributed by atoms with E-state index in [0.29, 0.717) is 37.3 Å². The van der Waals surface area contributed by atoms with Crippen LogP contribution in [-0.4, -0.2) is 36.3 Å². The second kappa shape index (κ2) is 11.1. The normalized spacial score (nSPS) is 20.1. The van der Waals surface area contributed by atoms with Crippen molar-refractivity contribution in [2.45, 2.75) is 84.3 Å². The Morgan fingerprint density at radius 2 is 2.10 bits per heavy atom. The van der Waals surface area contributed by atoms with E-state index in [0.717, 1.165) is 24.8 Å². The molecule has 0 amide bonds. The van der Waals surface area contributed by atoms with Crippen LogP contribution in [0.25, 0.3) is 0 Å². The molecule has 1 aliphatic heterocycles. The summed E-state index contributed by atoms with van der Waals surface area (Å²) >= 11 is 0. The average molecular weight is 407 g/mol. The first-order valence-corrected chi connectivity index (χ1v) is 10.8. The molecule has 0 radical (unpaired) electrons. The van der Waals surface area contributed by atoms with Crippen LogP contribution in [0.2, 0.25) is 0 Å². The second-order valence-electron chi connectivity index (χ2n) is 7.52. The summed E-state index contributed by atoms with van der Waals surface area (Å²) < 4.78 is 10.8. The average Bonchev–Trinajstić information content (AvgIpc) is 2.71. The molecule has 7 heteroatoms. The first kappa shape index (κ1) is 23.1. The van der Waals surface area contributed by atoms with Crippen molar-refractivity contribution < 1.29 is 19.2 Å². The highest BCUT2D eigenvalue weighted by Crippen LogP contribution is 2.38. The van der Waals surface area contributed by atoms with Gasteiger partial charge in [0.15, 0.2) is 0 Å². The molecule has 2 rings (SSSR count). The molecule has 0 bridgehead atoms. The Bertz CT molecular complexity index is 707. The van der Waals surface area contributed by atoms with Crippen LogP contribution in [0.5, 0.6) is 0 Å². The Balaban J connectivity index is 2.35. The third kappa shape index (κ3) is 5.92. The Morgan fingerprint density at radius 3 is 2.69 bits per heavy atom. The van der Waals surface area contributed by atoms with Gasteiger partial charge >= 0.3 is 5.97 Å². The molecule has 1 fully saturated rings. The number of nitro benzene ring substituents is 1. The topological polar surface area (TPSA) is 90.7 Å². The second-order valence-corrected chi connectivity index (χ2v) is 7.52. The minimum absolute atomic E-state index is 0.0932. The van der Waals surface area contributed by atoms with Crippen LogP contribution < -0.4 is 5.32 Å². The summed E-state index contributed by atoms with van der Waals surface area (Å²) in [6, 6.07) is 3.90. The minimum Gasteiger partial charge on any atom is -0.466 e. The number of ether oxygens (including phenoxy) is 2. The standard InChI is InChI=1S/C22H34N2O5/c1-5-15(13-21(25)28-8-4)19-9-10-20(22(24(26)27)18(19)7-3)23-16-11-12-29-17(6-2)14-16/h9-10,15-17,23H,5-8,11-14H2,1-4H3. The van der Waals surface area contributed by atoms with E-state index in [1.165, 1.54) is 0 Å². The minimum atomic E-state index is -0.293. The lowest BCUT2D eigenvalue weighted by atomic mass is 9.87. The first-order chi connectivity index (χ1) is 13.9. The van der Waals surface area contributed by atoms with E-state index in [-0.39, 0.29) is 41.1 Å².